The summed E-state index contributed by atoms with van der Waals surface area (Å²) in [5, 5.41) is 1.43. The van der Waals surface area contributed by atoms with Gasteiger partial charge >= 0.3 is 0 Å². The van der Waals surface area contributed by atoms with Crippen LogP contribution in [-0.4, -0.2) is 47.4 Å². The molecule has 0 aliphatic carbocycles. The number of hydrogen-bond donors (Lipinski definition) is 2. The number of hydrazine groups is 1. The Balaban J connectivity index is 1.55. The van der Waals surface area contributed by atoms with Crippen LogP contribution >= 0.6 is 23.4 Å². The molecule has 0 fully saturated rings. The number of carbonyl (C=O) groups excluding carboxylic acids is 2. The van der Waals surface area contributed by atoms with E-state index in [1.165, 1.54) is 4.57 Å². The zero-order valence-electron chi connectivity index (χ0n) is 17.2. The maximum Gasteiger partial charge on any atom is 0.276 e. The standard InChI is InChI=1S/C21H21ClN4O5S/c1-30-11-10-26-20(29)16-4-2-3-5-17(16)23-21(26)32-13-19(28)25-24-18(27)12-31-15-8-6-14(22)7-9-15/h2-9H,10-13H2,1H3,(H,24,27)(H,25,28). The van der Waals surface area contributed by atoms with E-state index in [1.54, 1.807) is 55.6 Å². The third-order valence-electron chi connectivity index (χ3n) is 4.20. The number of thioether (sulfide) groups is 1. The highest BCUT2D eigenvalue weighted by molar-refractivity contribution is 7.99. The molecule has 2 amide bonds. The second-order valence-corrected chi connectivity index (χ2v) is 7.87. The summed E-state index contributed by atoms with van der Waals surface area (Å²) in [6, 6.07) is 13.5. The van der Waals surface area contributed by atoms with Gasteiger partial charge in [-0.15, -0.1) is 0 Å². The van der Waals surface area contributed by atoms with E-state index < -0.39 is 11.8 Å². The van der Waals surface area contributed by atoms with Crippen molar-refractivity contribution in [3.05, 3.63) is 63.9 Å². The number of benzene rings is 2. The van der Waals surface area contributed by atoms with Gasteiger partial charge in [-0.1, -0.05) is 35.5 Å². The molecule has 2 N–H and O–H groups in total. The summed E-state index contributed by atoms with van der Waals surface area (Å²) in [6.07, 6.45) is 0. The van der Waals surface area contributed by atoms with Crippen molar-refractivity contribution in [2.75, 3.05) is 26.1 Å². The van der Waals surface area contributed by atoms with Crippen LogP contribution in [0.5, 0.6) is 5.75 Å². The van der Waals surface area contributed by atoms with Gasteiger partial charge in [-0.05, 0) is 36.4 Å². The molecular weight excluding hydrogens is 456 g/mol. The number of amides is 2. The van der Waals surface area contributed by atoms with E-state index in [4.69, 9.17) is 21.1 Å². The maximum atomic E-state index is 12.8. The zero-order valence-corrected chi connectivity index (χ0v) is 18.7. The van der Waals surface area contributed by atoms with Gasteiger partial charge in [-0.3, -0.25) is 29.8 Å². The van der Waals surface area contributed by atoms with Crippen molar-refractivity contribution in [2.24, 2.45) is 0 Å². The Morgan fingerprint density at radius 3 is 2.56 bits per heavy atom. The van der Waals surface area contributed by atoms with E-state index in [1.807, 2.05) is 0 Å². The van der Waals surface area contributed by atoms with E-state index in [-0.39, 0.29) is 17.9 Å². The molecule has 1 heterocycles. The number of rotatable bonds is 9. The van der Waals surface area contributed by atoms with Gasteiger partial charge in [0.2, 0.25) is 5.91 Å². The van der Waals surface area contributed by atoms with Gasteiger partial charge in [0.1, 0.15) is 5.75 Å². The summed E-state index contributed by atoms with van der Waals surface area (Å²) in [5.74, 6) is -0.576. The van der Waals surface area contributed by atoms with Crippen molar-refractivity contribution in [1.82, 2.24) is 20.4 Å². The summed E-state index contributed by atoms with van der Waals surface area (Å²) < 4.78 is 11.9. The first-order chi connectivity index (χ1) is 15.5. The highest BCUT2D eigenvalue weighted by Crippen LogP contribution is 2.18. The average Bonchev–Trinajstić information content (AvgIpc) is 2.80. The molecular formula is C21H21ClN4O5S. The molecule has 3 rings (SSSR count). The number of hydrogen-bond acceptors (Lipinski definition) is 7. The molecule has 2 aromatic carbocycles. The predicted octanol–water partition coefficient (Wildman–Crippen LogP) is 2.01. The third kappa shape index (κ3) is 6.46. The molecule has 1 aromatic heterocycles. The molecule has 0 bridgehead atoms. The second kappa shape index (κ2) is 11.5. The Bertz CT molecular complexity index is 1150. The molecule has 0 radical (unpaired) electrons. The van der Waals surface area contributed by atoms with Gasteiger partial charge < -0.3 is 9.47 Å². The molecule has 0 aliphatic rings. The average molecular weight is 477 g/mol. The van der Waals surface area contributed by atoms with Crippen LogP contribution in [0.2, 0.25) is 5.02 Å². The summed E-state index contributed by atoms with van der Waals surface area (Å²) in [6.45, 7) is 0.344. The van der Waals surface area contributed by atoms with Crippen molar-refractivity contribution in [2.45, 2.75) is 11.7 Å². The lowest BCUT2D eigenvalue weighted by Crippen LogP contribution is -2.44. The highest BCUT2D eigenvalue weighted by atomic mass is 35.5. The number of nitrogens with one attached hydrogen (secondary N) is 2. The van der Waals surface area contributed by atoms with Crippen molar-refractivity contribution in [1.29, 1.82) is 0 Å². The molecule has 9 nitrogen and oxygen atoms in total. The van der Waals surface area contributed by atoms with Crippen LogP contribution in [0.3, 0.4) is 0 Å². The minimum absolute atomic E-state index is 0.0594. The van der Waals surface area contributed by atoms with Crippen LogP contribution in [0.1, 0.15) is 0 Å². The highest BCUT2D eigenvalue weighted by Gasteiger charge is 2.13. The Morgan fingerprint density at radius 2 is 1.81 bits per heavy atom. The Morgan fingerprint density at radius 1 is 1.09 bits per heavy atom. The van der Waals surface area contributed by atoms with Crippen LogP contribution in [-0.2, 0) is 20.9 Å². The molecule has 168 valence electrons. The molecule has 0 unspecified atom stereocenters. The predicted molar refractivity (Wildman–Crippen MR) is 122 cm³/mol. The van der Waals surface area contributed by atoms with E-state index in [0.717, 1.165) is 11.8 Å². The van der Waals surface area contributed by atoms with Gasteiger partial charge in [0.05, 0.1) is 29.8 Å². The van der Waals surface area contributed by atoms with Crippen molar-refractivity contribution in [3.8, 4) is 5.75 Å². The largest absolute Gasteiger partial charge is 0.484 e. The SMILES string of the molecule is COCCn1c(SCC(=O)NNC(=O)COc2ccc(Cl)cc2)nc2ccccc2c1=O. The number of aromatic nitrogens is 2. The number of fused-ring (bicyclic) bond motifs is 1. The fourth-order valence-corrected chi connectivity index (χ4v) is 3.61. The summed E-state index contributed by atoms with van der Waals surface area (Å²) in [4.78, 5) is 41.3. The van der Waals surface area contributed by atoms with E-state index >= 15 is 0 Å². The van der Waals surface area contributed by atoms with Gasteiger partial charge in [0.15, 0.2) is 11.8 Å². The molecule has 0 spiro atoms. The molecule has 0 saturated carbocycles. The summed E-state index contributed by atoms with van der Waals surface area (Å²) in [7, 11) is 1.54. The molecule has 11 heteroatoms. The fourth-order valence-electron chi connectivity index (χ4n) is 2.66. The van der Waals surface area contributed by atoms with Gasteiger partial charge in [-0.25, -0.2) is 4.98 Å². The summed E-state index contributed by atoms with van der Waals surface area (Å²) >= 11 is 6.88. The molecule has 0 aliphatic heterocycles. The smallest absolute Gasteiger partial charge is 0.276 e. The Kier molecular flexibility index (Phi) is 8.48. The number of ether oxygens (including phenoxy) is 2. The number of methoxy groups -OCH3 is 1. The normalized spacial score (nSPS) is 10.7. The van der Waals surface area contributed by atoms with Crippen LogP contribution in [0.4, 0.5) is 0 Å². The minimum Gasteiger partial charge on any atom is -0.484 e. The monoisotopic (exact) mass is 476 g/mol. The lowest BCUT2D eigenvalue weighted by Gasteiger charge is -2.13. The fraction of sp³-hybridized carbons (Fsp3) is 0.238. The number of nitrogens with zero attached hydrogens (tertiary/aromatic N) is 2. The van der Waals surface area contributed by atoms with Crippen molar-refractivity contribution >= 4 is 46.1 Å². The van der Waals surface area contributed by atoms with Gasteiger partial charge in [-0.2, -0.15) is 0 Å². The Hall–Kier alpha value is -3.08. The lowest BCUT2D eigenvalue weighted by atomic mass is 10.2. The second-order valence-electron chi connectivity index (χ2n) is 6.49. The van der Waals surface area contributed by atoms with Crippen LogP contribution in [0, 0.1) is 0 Å². The number of carbonyl (C=O) groups is 2. The molecule has 3 aromatic rings. The first-order valence-corrected chi connectivity index (χ1v) is 10.9. The molecule has 0 saturated heterocycles. The maximum absolute atomic E-state index is 12.8. The first kappa shape index (κ1) is 23.6. The molecule has 32 heavy (non-hydrogen) atoms. The zero-order chi connectivity index (χ0) is 22.9. The van der Waals surface area contributed by atoms with Crippen LogP contribution < -0.4 is 21.1 Å². The van der Waals surface area contributed by atoms with Crippen molar-refractivity contribution in [3.63, 3.8) is 0 Å². The quantitative estimate of drug-likeness (QED) is 0.276. The Labute approximate surface area is 193 Å². The van der Waals surface area contributed by atoms with Gasteiger partial charge in [0, 0.05) is 12.1 Å². The third-order valence-corrected chi connectivity index (χ3v) is 5.43. The first-order valence-electron chi connectivity index (χ1n) is 9.55. The topological polar surface area (TPSA) is 112 Å². The molecule has 0 atom stereocenters. The summed E-state index contributed by atoms with van der Waals surface area (Å²) in [5.41, 5.74) is 4.93. The van der Waals surface area contributed by atoms with Gasteiger partial charge in [0.25, 0.3) is 11.5 Å². The van der Waals surface area contributed by atoms with Crippen molar-refractivity contribution < 1.29 is 19.1 Å². The lowest BCUT2D eigenvalue weighted by molar-refractivity contribution is -0.128. The number of halogens is 1. The van der Waals surface area contributed by atoms with E-state index in [2.05, 4.69) is 15.8 Å². The van der Waals surface area contributed by atoms with E-state index in [0.29, 0.717) is 40.0 Å². The van der Waals surface area contributed by atoms with Crippen LogP contribution in [0.15, 0.2) is 58.5 Å². The minimum atomic E-state index is -0.529. The van der Waals surface area contributed by atoms with Crippen LogP contribution in [0.25, 0.3) is 10.9 Å². The number of para-hydroxylation sites is 1. The van der Waals surface area contributed by atoms with E-state index in [9.17, 15) is 14.4 Å².